The number of benzene rings is 1. The molecule has 0 radical (unpaired) electrons. The normalized spacial score (nSPS) is 20.2. The van der Waals surface area contributed by atoms with E-state index in [1.165, 1.54) is 7.05 Å². The van der Waals surface area contributed by atoms with Crippen LogP contribution in [0.3, 0.4) is 0 Å². The Morgan fingerprint density at radius 3 is 2.58 bits per heavy atom. The number of fused-ring (bicyclic) bond motifs is 1. The van der Waals surface area contributed by atoms with Gasteiger partial charge in [0, 0.05) is 24.7 Å². The zero-order chi connectivity index (χ0) is 13.6. The van der Waals surface area contributed by atoms with E-state index in [2.05, 4.69) is 12.2 Å². The molecule has 5 heteroatoms. The molecule has 100 valence electrons. The Balaban J connectivity index is 1.79. The first-order valence-corrected chi connectivity index (χ1v) is 6.28. The molecule has 1 aromatic rings. The molecule has 1 saturated heterocycles. The van der Waals surface area contributed by atoms with Crippen LogP contribution in [0.4, 0.5) is 5.69 Å². The summed E-state index contributed by atoms with van der Waals surface area (Å²) in [6.07, 6.45) is 0. The van der Waals surface area contributed by atoms with Crippen LogP contribution in [0, 0.1) is 5.41 Å². The van der Waals surface area contributed by atoms with Gasteiger partial charge in [-0.05, 0) is 18.2 Å². The van der Waals surface area contributed by atoms with Crippen LogP contribution in [-0.2, 0) is 4.74 Å². The van der Waals surface area contributed by atoms with Crippen LogP contribution >= 0.6 is 0 Å². The third kappa shape index (κ3) is 1.90. The van der Waals surface area contributed by atoms with Gasteiger partial charge in [0.2, 0.25) is 0 Å². The smallest absolute Gasteiger partial charge is 0.261 e. The molecule has 2 aliphatic heterocycles. The average molecular weight is 260 g/mol. The van der Waals surface area contributed by atoms with Gasteiger partial charge in [-0.25, -0.2) is 0 Å². The zero-order valence-electron chi connectivity index (χ0n) is 11.0. The summed E-state index contributed by atoms with van der Waals surface area (Å²) in [5, 5.41) is 3.30. The molecule has 0 bridgehead atoms. The first kappa shape index (κ1) is 12.2. The molecule has 1 aromatic carbocycles. The largest absolute Gasteiger partial charge is 0.384 e. The van der Waals surface area contributed by atoms with E-state index >= 15 is 0 Å². The summed E-state index contributed by atoms with van der Waals surface area (Å²) in [6.45, 7) is 4.46. The topological polar surface area (TPSA) is 58.6 Å². The standard InChI is InChI=1S/C14H16N2O3/c1-14(7-19-8-14)6-15-9-3-4-10-11(5-9)13(18)16(2)12(10)17/h3-5,15H,6-8H2,1-2H3. The SMILES string of the molecule is CN1C(=O)c2ccc(NCC3(C)COC3)cc2C1=O. The van der Waals surface area contributed by atoms with Gasteiger partial charge in [-0.15, -0.1) is 0 Å². The van der Waals surface area contributed by atoms with Crippen molar-refractivity contribution in [3.8, 4) is 0 Å². The van der Waals surface area contributed by atoms with Crippen LogP contribution in [0.1, 0.15) is 27.6 Å². The van der Waals surface area contributed by atoms with Crippen molar-refractivity contribution in [2.24, 2.45) is 5.41 Å². The quantitative estimate of drug-likeness (QED) is 0.834. The fraction of sp³-hybridized carbons (Fsp3) is 0.429. The summed E-state index contributed by atoms with van der Waals surface area (Å²) in [6, 6.07) is 5.30. The highest BCUT2D eigenvalue weighted by Crippen LogP contribution is 2.28. The van der Waals surface area contributed by atoms with E-state index in [1.54, 1.807) is 12.1 Å². The molecule has 0 spiro atoms. The maximum Gasteiger partial charge on any atom is 0.261 e. The lowest BCUT2D eigenvalue weighted by atomic mass is 9.88. The summed E-state index contributed by atoms with van der Waals surface area (Å²) in [7, 11) is 1.50. The molecule has 2 amide bonds. The summed E-state index contributed by atoms with van der Waals surface area (Å²) < 4.78 is 5.20. The molecule has 0 unspecified atom stereocenters. The Bertz CT molecular complexity index is 564. The molecule has 5 nitrogen and oxygen atoms in total. The Kier molecular flexibility index (Phi) is 2.60. The van der Waals surface area contributed by atoms with Crippen molar-refractivity contribution in [1.82, 2.24) is 4.90 Å². The predicted octanol–water partition coefficient (Wildman–Crippen LogP) is 1.36. The second kappa shape index (κ2) is 4.06. The van der Waals surface area contributed by atoms with Crippen LogP contribution in [0.25, 0.3) is 0 Å². The zero-order valence-corrected chi connectivity index (χ0v) is 11.0. The molecule has 0 aromatic heterocycles. The van der Waals surface area contributed by atoms with Gasteiger partial charge in [0.25, 0.3) is 11.8 Å². The highest BCUT2D eigenvalue weighted by Gasteiger charge is 2.34. The number of hydrogen-bond donors (Lipinski definition) is 1. The van der Waals surface area contributed by atoms with E-state index in [1.807, 2.05) is 6.07 Å². The van der Waals surface area contributed by atoms with Crippen molar-refractivity contribution in [3.63, 3.8) is 0 Å². The van der Waals surface area contributed by atoms with Gasteiger partial charge in [-0.3, -0.25) is 14.5 Å². The van der Waals surface area contributed by atoms with E-state index in [0.29, 0.717) is 11.1 Å². The number of anilines is 1. The van der Waals surface area contributed by atoms with E-state index in [-0.39, 0.29) is 17.2 Å². The maximum atomic E-state index is 11.9. The highest BCUT2D eigenvalue weighted by atomic mass is 16.5. The fourth-order valence-corrected chi connectivity index (χ4v) is 2.34. The summed E-state index contributed by atoms with van der Waals surface area (Å²) in [5.41, 5.74) is 1.99. The monoisotopic (exact) mass is 260 g/mol. The van der Waals surface area contributed by atoms with Crippen LogP contribution in [0.2, 0.25) is 0 Å². The van der Waals surface area contributed by atoms with Gasteiger partial charge >= 0.3 is 0 Å². The minimum Gasteiger partial charge on any atom is -0.384 e. The van der Waals surface area contributed by atoms with Gasteiger partial charge in [-0.2, -0.15) is 0 Å². The van der Waals surface area contributed by atoms with Gasteiger partial charge in [0.05, 0.1) is 24.3 Å². The average Bonchev–Trinajstić information content (AvgIpc) is 2.59. The lowest BCUT2D eigenvalue weighted by molar-refractivity contribution is -0.0924. The molecule has 0 atom stereocenters. The minimum atomic E-state index is -0.234. The first-order valence-electron chi connectivity index (χ1n) is 6.28. The predicted molar refractivity (Wildman–Crippen MR) is 70.3 cm³/mol. The van der Waals surface area contributed by atoms with Crippen LogP contribution in [0.15, 0.2) is 18.2 Å². The molecule has 0 saturated carbocycles. The third-order valence-corrected chi connectivity index (χ3v) is 3.71. The number of ether oxygens (including phenoxy) is 1. The van der Waals surface area contributed by atoms with E-state index < -0.39 is 0 Å². The van der Waals surface area contributed by atoms with Crippen molar-refractivity contribution in [2.45, 2.75) is 6.92 Å². The summed E-state index contributed by atoms with van der Waals surface area (Å²) >= 11 is 0. The number of amides is 2. The number of hydrogen-bond acceptors (Lipinski definition) is 4. The van der Waals surface area contributed by atoms with Crippen molar-refractivity contribution < 1.29 is 14.3 Å². The van der Waals surface area contributed by atoms with E-state index in [4.69, 9.17) is 4.74 Å². The molecule has 19 heavy (non-hydrogen) atoms. The van der Waals surface area contributed by atoms with Gasteiger partial charge < -0.3 is 10.1 Å². The number of nitrogens with one attached hydrogen (secondary N) is 1. The fourth-order valence-electron chi connectivity index (χ4n) is 2.34. The molecule has 2 aliphatic rings. The van der Waals surface area contributed by atoms with Crippen LogP contribution < -0.4 is 5.32 Å². The Morgan fingerprint density at radius 1 is 1.26 bits per heavy atom. The van der Waals surface area contributed by atoms with Crippen molar-refractivity contribution >= 4 is 17.5 Å². The Labute approximate surface area is 111 Å². The van der Waals surface area contributed by atoms with Gasteiger partial charge in [-0.1, -0.05) is 6.92 Å². The molecule has 0 aliphatic carbocycles. The van der Waals surface area contributed by atoms with Crippen molar-refractivity contribution in [3.05, 3.63) is 29.3 Å². The number of nitrogens with zero attached hydrogens (tertiary/aromatic N) is 1. The van der Waals surface area contributed by atoms with E-state index in [9.17, 15) is 9.59 Å². The Hall–Kier alpha value is -1.88. The molecular formula is C14H16N2O3. The van der Waals surface area contributed by atoms with Gasteiger partial charge in [0.15, 0.2) is 0 Å². The Morgan fingerprint density at radius 2 is 1.95 bits per heavy atom. The number of carbonyl (C=O) groups is 2. The molecular weight excluding hydrogens is 244 g/mol. The third-order valence-electron chi connectivity index (χ3n) is 3.71. The second-order valence-electron chi connectivity index (χ2n) is 5.59. The molecule has 1 fully saturated rings. The summed E-state index contributed by atoms with van der Waals surface area (Å²) in [4.78, 5) is 24.8. The highest BCUT2D eigenvalue weighted by molar-refractivity contribution is 6.21. The van der Waals surface area contributed by atoms with Crippen molar-refractivity contribution in [1.29, 1.82) is 0 Å². The molecule has 3 rings (SSSR count). The second-order valence-corrected chi connectivity index (χ2v) is 5.59. The maximum absolute atomic E-state index is 11.9. The molecule has 2 heterocycles. The molecule has 1 N–H and O–H groups in total. The van der Waals surface area contributed by atoms with Crippen molar-refractivity contribution in [2.75, 3.05) is 32.1 Å². The lowest BCUT2D eigenvalue weighted by Crippen LogP contribution is -2.45. The van der Waals surface area contributed by atoms with Crippen LogP contribution in [0.5, 0.6) is 0 Å². The first-order chi connectivity index (χ1) is 9.00. The van der Waals surface area contributed by atoms with Crippen LogP contribution in [-0.4, -0.2) is 43.5 Å². The van der Waals surface area contributed by atoms with E-state index in [0.717, 1.165) is 30.3 Å². The lowest BCUT2D eigenvalue weighted by Gasteiger charge is -2.38. The van der Waals surface area contributed by atoms with Gasteiger partial charge in [0.1, 0.15) is 0 Å². The number of carbonyl (C=O) groups excluding carboxylic acids is 2. The summed E-state index contributed by atoms with van der Waals surface area (Å²) in [5.74, 6) is -0.465. The minimum absolute atomic E-state index is 0.162. The number of imide groups is 1. The number of rotatable bonds is 3.